The Labute approximate surface area is 292 Å². The fourth-order valence-corrected chi connectivity index (χ4v) is 9.92. The third-order valence-electron chi connectivity index (χ3n) is 11.0. The molecule has 1 saturated heterocycles. The second-order valence-electron chi connectivity index (χ2n) is 14.7. The van der Waals surface area contributed by atoms with Crippen molar-refractivity contribution in [1.29, 1.82) is 0 Å². The summed E-state index contributed by atoms with van der Waals surface area (Å²) in [6, 6.07) is 24.7. The molecule has 3 N–H and O–H groups in total. The van der Waals surface area contributed by atoms with Crippen LogP contribution in [0.3, 0.4) is 0 Å². The molecule has 10 heteroatoms. The lowest BCUT2D eigenvalue weighted by Crippen LogP contribution is -2.61. The zero-order valence-electron chi connectivity index (χ0n) is 28.0. The maximum absolute atomic E-state index is 13.1. The minimum atomic E-state index is -0.529. The van der Waals surface area contributed by atoms with E-state index in [0.717, 1.165) is 81.3 Å². The summed E-state index contributed by atoms with van der Waals surface area (Å²) >= 11 is 1.63. The number of aromatic nitrogens is 3. The molecule has 3 atom stereocenters. The maximum atomic E-state index is 13.1. The summed E-state index contributed by atoms with van der Waals surface area (Å²) in [5.41, 5.74) is 6.15. The predicted molar refractivity (Wildman–Crippen MR) is 188 cm³/mol. The van der Waals surface area contributed by atoms with Crippen molar-refractivity contribution in [2.45, 2.75) is 87.3 Å². The number of carbonyl (C=O) groups excluding carboxylic acids is 1. The first-order valence-electron chi connectivity index (χ1n) is 17.6. The van der Waals surface area contributed by atoms with Crippen molar-refractivity contribution in [1.82, 2.24) is 25.4 Å². The first-order chi connectivity index (χ1) is 23.9. The molecule has 0 unspecified atom stereocenters. The summed E-state index contributed by atoms with van der Waals surface area (Å²) in [5.74, 6) is 3.11. The number of hydrogen-bond donors (Lipinski definition) is 3. The average Bonchev–Trinajstić information content (AvgIpc) is 3.53. The molecule has 4 saturated carbocycles. The highest BCUT2D eigenvalue weighted by atomic mass is 32.2. The Morgan fingerprint density at radius 3 is 2.29 bits per heavy atom. The molecule has 4 aliphatic carbocycles. The Morgan fingerprint density at radius 2 is 1.61 bits per heavy atom. The number of aryl methyl sites for hydroxylation is 1. The summed E-state index contributed by atoms with van der Waals surface area (Å²) in [4.78, 5) is 13.1. The van der Waals surface area contributed by atoms with Crippen LogP contribution >= 0.6 is 11.8 Å². The zero-order chi connectivity index (χ0) is 33.4. The molecular formula is C39H45N5O4S. The molecule has 0 spiro atoms. The Bertz CT molecular complexity index is 1720. The molecular weight excluding hydrogens is 635 g/mol. The van der Waals surface area contributed by atoms with Gasteiger partial charge in [-0.15, -0.1) is 10.2 Å². The molecule has 4 bridgehead atoms. The second kappa shape index (κ2) is 13.9. The Kier molecular flexibility index (Phi) is 9.22. The van der Waals surface area contributed by atoms with Gasteiger partial charge in [-0.2, -0.15) is 0 Å². The van der Waals surface area contributed by atoms with Gasteiger partial charge in [0.15, 0.2) is 11.4 Å². The van der Waals surface area contributed by atoms with E-state index in [2.05, 4.69) is 69.4 Å². The summed E-state index contributed by atoms with van der Waals surface area (Å²) in [6.45, 7) is 0.500. The maximum Gasteiger partial charge on any atom is 0.315 e. The molecule has 9 rings (SSSR count). The van der Waals surface area contributed by atoms with Crippen molar-refractivity contribution in [2.24, 2.45) is 24.8 Å². The van der Waals surface area contributed by atoms with Crippen molar-refractivity contribution in [3.63, 3.8) is 0 Å². The van der Waals surface area contributed by atoms with E-state index in [1.807, 2.05) is 35.9 Å². The minimum Gasteiger partial charge on any atom is -0.392 e. The molecule has 49 heavy (non-hydrogen) atoms. The summed E-state index contributed by atoms with van der Waals surface area (Å²) in [7, 11) is 1.94. The van der Waals surface area contributed by atoms with Gasteiger partial charge in [-0.3, -0.25) is 0 Å². The van der Waals surface area contributed by atoms with Crippen LogP contribution in [0, 0.1) is 17.8 Å². The van der Waals surface area contributed by atoms with Crippen molar-refractivity contribution in [2.75, 3.05) is 5.75 Å². The first kappa shape index (κ1) is 32.5. The highest BCUT2D eigenvalue weighted by Crippen LogP contribution is 2.55. The number of aliphatic hydroxyl groups is 1. The Balaban J connectivity index is 0.921. The van der Waals surface area contributed by atoms with E-state index in [1.54, 1.807) is 18.1 Å². The van der Waals surface area contributed by atoms with Crippen LogP contribution in [-0.4, -0.2) is 43.3 Å². The largest absolute Gasteiger partial charge is 0.392 e. The molecule has 0 radical (unpaired) electrons. The third-order valence-corrected chi connectivity index (χ3v) is 12.2. The number of ether oxygens (including phenoxy) is 2. The number of benzene rings is 3. The van der Waals surface area contributed by atoms with Gasteiger partial charge in [-0.1, -0.05) is 78.5 Å². The fraction of sp³-hybridized carbons (Fsp3) is 0.462. The third kappa shape index (κ3) is 7.29. The van der Waals surface area contributed by atoms with E-state index in [1.165, 1.54) is 19.3 Å². The van der Waals surface area contributed by atoms with E-state index in [-0.39, 0.29) is 30.4 Å². The van der Waals surface area contributed by atoms with E-state index >= 15 is 0 Å². The monoisotopic (exact) mass is 679 g/mol. The number of nitrogens with one attached hydrogen (secondary N) is 2. The standard InChI is InChI=1S/C39H45N5O4S/c1-44-24-41-43-38(44)49-23-34-17-35(31-7-5-25(22-45)6-8-31)48-36(47-34)32-11-9-30(10-12-32)33-4-2-3-26(16-33)21-40-37(46)42-39-18-27-13-28(19-39)15-29(14-27)20-39/h2-12,16,24,27-29,34-36,45H,13-15,17-23H2,1H3,(H2,40,42,46)/t27?,28?,29?,34-,35+,36+,39?/m0/s1. The van der Waals surface area contributed by atoms with Crippen LogP contribution in [0.1, 0.15) is 79.6 Å². The predicted octanol–water partition coefficient (Wildman–Crippen LogP) is 7.08. The number of urea groups is 1. The number of aliphatic hydroxyl groups excluding tert-OH is 1. The van der Waals surface area contributed by atoms with Crippen LogP contribution in [0.25, 0.3) is 11.1 Å². The van der Waals surface area contributed by atoms with Crippen LogP contribution < -0.4 is 10.6 Å². The molecule has 1 aliphatic heterocycles. The van der Waals surface area contributed by atoms with E-state index < -0.39 is 6.29 Å². The van der Waals surface area contributed by atoms with Crippen LogP contribution in [-0.2, 0) is 29.7 Å². The molecule has 9 nitrogen and oxygen atoms in total. The lowest BCUT2D eigenvalue weighted by molar-refractivity contribution is -0.245. The molecule has 256 valence electrons. The summed E-state index contributed by atoms with van der Waals surface area (Å²) in [5, 5.41) is 25.2. The summed E-state index contributed by atoms with van der Waals surface area (Å²) < 4.78 is 15.0. The number of thioether (sulfide) groups is 1. The fourth-order valence-electron chi connectivity index (χ4n) is 9.02. The smallest absolute Gasteiger partial charge is 0.315 e. The Hall–Kier alpha value is -3.70. The van der Waals surface area contributed by atoms with Gasteiger partial charge in [0.05, 0.1) is 18.8 Å². The molecule has 1 aromatic heterocycles. The number of hydrogen-bond acceptors (Lipinski definition) is 7. The van der Waals surface area contributed by atoms with Crippen LogP contribution in [0.15, 0.2) is 84.3 Å². The van der Waals surface area contributed by atoms with Gasteiger partial charge in [0.2, 0.25) is 0 Å². The van der Waals surface area contributed by atoms with E-state index in [9.17, 15) is 9.90 Å². The van der Waals surface area contributed by atoms with E-state index in [4.69, 9.17) is 9.47 Å². The second-order valence-corrected chi connectivity index (χ2v) is 15.7. The molecule has 2 amide bonds. The highest BCUT2D eigenvalue weighted by Gasteiger charge is 2.51. The van der Waals surface area contributed by atoms with Crippen molar-refractivity contribution >= 4 is 17.8 Å². The highest BCUT2D eigenvalue weighted by molar-refractivity contribution is 7.99. The number of nitrogens with zero attached hydrogens (tertiary/aromatic N) is 3. The summed E-state index contributed by atoms with van der Waals surface area (Å²) in [6.07, 6.45) is 9.20. The minimum absolute atomic E-state index is 0.00794. The zero-order valence-corrected chi connectivity index (χ0v) is 28.8. The van der Waals surface area contributed by atoms with Crippen LogP contribution in [0.4, 0.5) is 4.79 Å². The van der Waals surface area contributed by atoms with E-state index in [0.29, 0.717) is 13.0 Å². The van der Waals surface area contributed by atoms with Crippen molar-refractivity contribution in [3.05, 3.63) is 101 Å². The first-order valence-corrected chi connectivity index (χ1v) is 18.6. The van der Waals surface area contributed by atoms with Gasteiger partial charge in [0.1, 0.15) is 6.33 Å². The average molecular weight is 680 g/mol. The van der Waals surface area contributed by atoms with Gasteiger partial charge >= 0.3 is 6.03 Å². The van der Waals surface area contributed by atoms with Gasteiger partial charge in [-0.05, 0) is 90.2 Å². The Morgan fingerprint density at radius 1 is 0.898 bits per heavy atom. The molecule has 4 aromatic rings. The normalized spacial score (nSPS) is 28.8. The van der Waals surface area contributed by atoms with Gasteiger partial charge in [0, 0.05) is 36.9 Å². The van der Waals surface area contributed by atoms with Gasteiger partial charge < -0.3 is 29.8 Å². The topological polar surface area (TPSA) is 111 Å². The van der Waals surface area contributed by atoms with Crippen molar-refractivity contribution < 1.29 is 19.4 Å². The van der Waals surface area contributed by atoms with Crippen molar-refractivity contribution in [3.8, 4) is 11.1 Å². The lowest BCUT2D eigenvalue weighted by atomic mass is 9.53. The van der Waals surface area contributed by atoms with Crippen LogP contribution in [0.5, 0.6) is 0 Å². The molecule has 5 fully saturated rings. The molecule has 5 aliphatic rings. The number of amides is 2. The van der Waals surface area contributed by atoms with Gasteiger partial charge in [-0.25, -0.2) is 4.79 Å². The van der Waals surface area contributed by atoms with Gasteiger partial charge in [0.25, 0.3) is 0 Å². The number of rotatable bonds is 10. The SMILES string of the molecule is Cn1cnnc1SC[C@@H]1C[C@H](c2ccc(CO)cc2)O[C@H](c2ccc(-c3cccc(CNC(=O)NC45CC6CC(CC(C6)C4)C5)c3)cc2)O1. The van der Waals surface area contributed by atoms with Crippen LogP contribution in [0.2, 0.25) is 0 Å². The quantitative estimate of drug-likeness (QED) is 0.154. The molecule has 3 aromatic carbocycles. The lowest BCUT2D eigenvalue weighted by Gasteiger charge is -2.56. The number of carbonyl (C=O) groups is 1. The molecule has 2 heterocycles.